The molecule has 0 spiro atoms. The van der Waals surface area contributed by atoms with E-state index in [0.717, 1.165) is 23.4 Å². The summed E-state index contributed by atoms with van der Waals surface area (Å²) in [5, 5.41) is 6.07. The molecule has 1 aromatic carbocycles. The van der Waals surface area contributed by atoms with Crippen molar-refractivity contribution in [3.05, 3.63) is 59.9 Å². The number of aromatic nitrogens is 1. The molecule has 0 aliphatic heterocycles. The molecule has 0 fully saturated rings. The van der Waals surface area contributed by atoms with E-state index in [0.29, 0.717) is 38.5 Å². The first kappa shape index (κ1) is 25.7. The molecular weight excluding hydrogens is 493 g/mol. The lowest BCUT2D eigenvalue weighted by atomic mass is 10.1. The molecule has 30 heavy (non-hydrogen) atoms. The van der Waals surface area contributed by atoms with Gasteiger partial charge >= 0.3 is 0 Å². The van der Waals surface area contributed by atoms with E-state index in [1.165, 1.54) is 0 Å². The molecule has 8 heteroatoms. The molecule has 0 saturated heterocycles. The Morgan fingerprint density at radius 2 is 2.00 bits per heavy atom. The number of halogens is 1. The number of ether oxygens (including phenoxy) is 1. The number of amides is 1. The predicted molar refractivity (Wildman–Crippen MR) is 131 cm³/mol. The van der Waals surface area contributed by atoms with E-state index in [4.69, 9.17) is 10.5 Å². The van der Waals surface area contributed by atoms with Gasteiger partial charge in [-0.3, -0.25) is 14.8 Å². The van der Waals surface area contributed by atoms with Gasteiger partial charge < -0.3 is 21.1 Å². The van der Waals surface area contributed by atoms with Gasteiger partial charge in [-0.15, -0.1) is 24.0 Å². The molecular formula is C22H32IN5O2. The van der Waals surface area contributed by atoms with Crippen LogP contribution in [0.3, 0.4) is 0 Å². The molecule has 0 bridgehead atoms. The number of pyridine rings is 1. The monoisotopic (exact) mass is 525 g/mol. The van der Waals surface area contributed by atoms with Crippen LogP contribution in [0, 0.1) is 0 Å². The number of nitrogens with zero attached hydrogens (tertiary/aromatic N) is 2. The highest BCUT2D eigenvalue weighted by Crippen LogP contribution is 2.17. The third kappa shape index (κ3) is 9.91. The van der Waals surface area contributed by atoms with E-state index < -0.39 is 0 Å². The fourth-order valence-corrected chi connectivity index (χ4v) is 2.78. The van der Waals surface area contributed by atoms with Gasteiger partial charge in [0, 0.05) is 37.8 Å². The second-order valence-corrected chi connectivity index (χ2v) is 6.66. The summed E-state index contributed by atoms with van der Waals surface area (Å²) >= 11 is 0. The van der Waals surface area contributed by atoms with Crippen molar-refractivity contribution < 1.29 is 9.53 Å². The first-order valence-corrected chi connectivity index (χ1v) is 10.0. The third-order valence-corrected chi connectivity index (χ3v) is 4.33. The molecule has 1 unspecified atom stereocenters. The number of benzene rings is 1. The number of hydrogen-bond donors (Lipinski definition) is 3. The lowest BCUT2D eigenvalue weighted by Crippen LogP contribution is -2.33. The van der Waals surface area contributed by atoms with Gasteiger partial charge in [0.15, 0.2) is 5.96 Å². The highest BCUT2D eigenvalue weighted by Gasteiger charge is 2.09. The zero-order valence-electron chi connectivity index (χ0n) is 17.6. The van der Waals surface area contributed by atoms with Crippen molar-refractivity contribution >= 4 is 35.8 Å². The number of hydrogen-bond acceptors (Lipinski definition) is 4. The van der Waals surface area contributed by atoms with Gasteiger partial charge in [0.25, 0.3) is 0 Å². The number of rotatable bonds is 11. The van der Waals surface area contributed by atoms with Gasteiger partial charge in [-0.2, -0.15) is 0 Å². The Kier molecular flexibility index (Phi) is 12.5. The van der Waals surface area contributed by atoms with Crippen molar-refractivity contribution in [2.24, 2.45) is 10.7 Å². The number of guanidine groups is 1. The summed E-state index contributed by atoms with van der Waals surface area (Å²) in [5.74, 6) is 1.23. The van der Waals surface area contributed by atoms with E-state index >= 15 is 0 Å². The van der Waals surface area contributed by atoms with Crippen LogP contribution in [0.15, 0.2) is 53.7 Å². The maximum Gasteiger partial charge on any atom is 0.220 e. The summed E-state index contributed by atoms with van der Waals surface area (Å²) in [6.07, 6.45) is 3.61. The van der Waals surface area contributed by atoms with Crippen molar-refractivity contribution in [2.45, 2.75) is 39.2 Å². The molecule has 1 atom stereocenters. The zero-order valence-corrected chi connectivity index (χ0v) is 20.0. The van der Waals surface area contributed by atoms with Crippen LogP contribution in [0.2, 0.25) is 0 Å². The van der Waals surface area contributed by atoms with Crippen LogP contribution >= 0.6 is 24.0 Å². The molecule has 1 aromatic heterocycles. The summed E-state index contributed by atoms with van der Waals surface area (Å²) in [4.78, 5) is 20.6. The van der Waals surface area contributed by atoms with E-state index in [1.54, 1.807) is 6.20 Å². The molecule has 0 aliphatic rings. The first-order valence-electron chi connectivity index (χ1n) is 10.0. The van der Waals surface area contributed by atoms with Crippen LogP contribution in [0.25, 0.3) is 0 Å². The van der Waals surface area contributed by atoms with Crippen molar-refractivity contribution in [3.63, 3.8) is 0 Å². The van der Waals surface area contributed by atoms with Crippen LogP contribution in [0.5, 0.6) is 5.75 Å². The van der Waals surface area contributed by atoms with E-state index in [-0.39, 0.29) is 35.9 Å². The maximum atomic E-state index is 12.1. The lowest BCUT2D eigenvalue weighted by Gasteiger charge is -2.15. The number of carbonyl (C=O) groups is 1. The third-order valence-electron chi connectivity index (χ3n) is 4.33. The Morgan fingerprint density at radius 1 is 1.23 bits per heavy atom. The number of carbonyl (C=O) groups excluding carboxylic acids is 1. The summed E-state index contributed by atoms with van der Waals surface area (Å²) in [7, 11) is 0. The lowest BCUT2D eigenvalue weighted by molar-refractivity contribution is -0.121. The topological polar surface area (TPSA) is 102 Å². The van der Waals surface area contributed by atoms with Crippen molar-refractivity contribution in [1.82, 2.24) is 15.6 Å². The van der Waals surface area contributed by atoms with Crippen molar-refractivity contribution in [2.75, 3.05) is 19.7 Å². The van der Waals surface area contributed by atoms with Crippen LogP contribution in [-0.4, -0.2) is 36.5 Å². The standard InChI is InChI=1S/C22H31N5O2.HI/c1-3-29-20-11-9-18(10-12-20)17(2)27-21(28)8-6-15-25-22(23)26-16-13-19-7-4-5-14-24-19;/h4-5,7,9-12,14,17H,3,6,8,13,15-16H2,1-2H3,(H,27,28)(H3,23,25,26);1H. The van der Waals surface area contributed by atoms with Gasteiger partial charge in [0.05, 0.1) is 12.6 Å². The number of nitrogens with one attached hydrogen (secondary N) is 2. The number of aliphatic imine (C=N–C) groups is 1. The quantitative estimate of drug-likeness (QED) is 0.181. The average Bonchev–Trinajstić information content (AvgIpc) is 2.73. The molecule has 4 N–H and O–H groups in total. The molecule has 0 aliphatic carbocycles. The molecule has 7 nitrogen and oxygen atoms in total. The SMILES string of the molecule is CCOc1ccc(C(C)NC(=O)CCCN=C(N)NCCc2ccccn2)cc1.I. The second-order valence-electron chi connectivity index (χ2n) is 6.66. The smallest absolute Gasteiger partial charge is 0.220 e. The second kappa shape index (κ2) is 14.6. The molecule has 1 heterocycles. The van der Waals surface area contributed by atoms with Gasteiger partial charge in [-0.1, -0.05) is 18.2 Å². The molecule has 0 radical (unpaired) electrons. The van der Waals surface area contributed by atoms with Gasteiger partial charge in [-0.25, -0.2) is 0 Å². The average molecular weight is 525 g/mol. The summed E-state index contributed by atoms with van der Waals surface area (Å²) < 4.78 is 5.44. The van der Waals surface area contributed by atoms with Crippen LogP contribution in [-0.2, 0) is 11.2 Å². The van der Waals surface area contributed by atoms with Gasteiger partial charge in [0.1, 0.15) is 5.75 Å². The molecule has 2 rings (SSSR count). The Hall–Kier alpha value is -2.36. The number of nitrogens with two attached hydrogens (primary N) is 1. The first-order chi connectivity index (χ1) is 14.1. The Bertz CT molecular complexity index is 769. The normalized spacial score (nSPS) is 11.9. The zero-order chi connectivity index (χ0) is 20.9. The minimum absolute atomic E-state index is 0. The van der Waals surface area contributed by atoms with Gasteiger partial charge in [0.2, 0.25) is 5.91 Å². The maximum absolute atomic E-state index is 12.1. The van der Waals surface area contributed by atoms with Crippen LogP contribution in [0.1, 0.15) is 44.0 Å². The molecule has 164 valence electrons. The van der Waals surface area contributed by atoms with E-state index in [9.17, 15) is 4.79 Å². The summed E-state index contributed by atoms with van der Waals surface area (Å²) in [5.41, 5.74) is 7.90. The molecule has 1 amide bonds. The highest BCUT2D eigenvalue weighted by atomic mass is 127. The predicted octanol–water partition coefficient (Wildman–Crippen LogP) is 3.20. The van der Waals surface area contributed by atoms with Crippen molar-refractivity contribution in [1.29, 1.82) is 0 Å². The Morgan fingerprint density at radius 3 is 2.67 bits per heavy atom. The fraction of sp³-hybridized carbons (Fsp3) is 0.409. The molecule has 0 saturated carbocycles. The Labute approximate surface area is 195 Å². The van der Waals surface area contributed by atoms with Gasteiger partial charge in [-0.05, 0) is 50.1 Å². The fourth-order valence-electron chi connectivity index (χ4n) is 2.78. The largest absolute Gasteiger partial charge is 0.494 e. The van der Waals surface area contributed by atoms with E-state index in [1.807, 2.05) is 56.3 Å². The molecule has 2 aromatic rings. The van der Waals surface area contributed by atoms with Crippen molar-refractivity contribution in [3.8, 4) is 5.75 Å². The Balaban J connectivity index is 0.00000450. The summed E-state index contributed by atoms with van der Waals surface area (Å²) in [6.45, 7) is 5.74. The van der Waals surface area contributed by atoms with E-state index in [2.05, 4.69) is 20.6 Å². The highest BCUT2D eigenvalue weighted by molar-refractivity contribution is 14.0. The van der Waals surface area contributed by atoms with Crippen LogP contribution in [0.4, 0.5) is 0 Å². The van der Waals surface area contributed by atoms with Crippen LogP contribution < -0.4 is 21.1 Å². The minimum atomic E-state index is -0.0555. The minimum Gasteiger partial charge on any atom is -0.494 e. The summed E-state index contributed by atoms with van der Waals surface area (Å²) in [6, 6.07) is 13.5.